The van der Waals surface area contributed by atoms with Crippen molar-refractivity contribution in [3.05, 3.63) is 103 Å². The maximum absolute atomic E-state index is 12.6. The summed E-state index contributed by atoms with van der Waals surface area (Å²) in [5, 5.41) is 3.29. The van der Waals surface area contributed by atoms with E-state index in [1.54, 1.807) is 78.9 Å². The van der Waals surface area contributed by atoms with Crippen LogP contribution in [0.1, 0.15) is 52.3 Å². The van der Waals surface area contributed by atoms with E-state index in [0.717, 1.165) is 47.5 Å². The molecule has 10 nitrogen and oxygen atoms in total. The fourth-order valence-electron chi connectivity index (χ4n) is 5.50. The summed E-state index contributed by atoms with van der Waals surface area (Å²) in [5.74, 6) is 2.53. The lowest BCUT2D eigenvalue weighted by Gasteiger charge is -2.20. The van der Waals surface area contributed by atoms with E-state index >= 15 is 0 Å². The van der Waals surface area contributed by atoms with Gasteiger partial charge in [0.05, 0.1) is 43.6 Å². The highest BCUT2D eigenvalue weighted by Crippen LogP contribution is 2.36. The van der Waals surface area contributed by atoms with Gasteiger partial charge in [0, 0.05) is 18.5 Å². The van der Waals surface area contributed by atoms with E-state index in [-0.39, 0.29) is 15.2 Å². The van der Waals surface area contributed by atoms with Gasteiger partial charge in [-0.3, -0.25) is 9.44 Å². The Morgan fingerprint density at radius 3 is 1.78 bits per heavy atom. The molecule has 0 aliphatic heterocycles. The second-order valence-electron chi connectivity index (χ2n) is 13.9. The largest absolute Gasteiger partial charge is 0.397 e. The second-order valence-corrected chi connectivity index (χ2v) is 17.3. The summed E-state index contributed by atoms with van der Waals surface area (Å²) < 4.78 is 57.2. The molecule has 2 saturated carbocycles. The Morgan fingerprint density at radius 1 is 0.735 bits per heavy atom. The topological polar surface area (TPSA) is 148 Å². The first-order valence-corrected chi connectivity index (χ1v) is 19.5. The number of hydrogen-bond acceptors (Lipinski definition) is 7. The summed E-state index contributed by atoms with van der Waals surface area (Å²) in [7, 11) is -7.19. The van der Waals surface area contributed by atoms with Crippen LogP contribution in [0.2, 0.25) is 0 Å². The lowest BCUT2D eigenvalue weighted by atomic mass is 9.95. The van der Waals surface area contributed by atoms with Gasteiger partial charge in [-0.2, -0.15) is 0 Å². The van der Waals surface area contributed by atoms with Crippen LogP contribution < -0.4 is 20.5 Å². The number of nitrogens with one attached hydrogen (secondary N) is 3. The number of fused-ring (bicyclic) bond motifs is 1. The standard InChI is InChI=1S/C21H25N3O2S.C16H19N3O2S/c1-21(2,3)20-22-18-13-16(11-12-19(18)24(20)14-15-9-10-15)23-27(25,26)17-7-5-4-6-8-17;17-15-10-13(8-9-16(15)18-11-12-6-7-12)19-22(20,21)14-4-2-1-3-5-14/h4-8,11-13,15,23H,9-10,14H2,1-3H3;1-5,8-10,12,18-19H,6-7,11,17H2. The molecule has 1 heterocycles. The molecule has 0 bridgehead atoms. The summed E-state index contributed by atoms with van der Waals surface area (Å²) in [6.45, 7) is 8.39. The highest BCUT2D eigenvalue weighted by atomic mass is 32.2. The Labute approximate surface area is 289 Å². The number of hydrogen-bond donors (Lipinski definition) is 4. The first kappa shape index (κ1) is 34.3. The monoisotopic (exact) mass is 700 g/mol. The number of rotatable bonds is 11. The molecule has 49 heavy (non-hydrogen) atoms. The SMILES string of the molecule is CC(C)(C)c1nc2cc(NS(=O)(=O)c3ccccc3)ccc2n1CC1CC1.Nc1cc(NS(=O)(=O)c2ccccc2)ccc1NCC1CC1. The highest BCUT2D eigenvalue weighted by molar-refractivity contribution is 7.93. The molecule has 12 heteroatoms. The molecular formula is C37H44N6O4S2. The molecule has 5 aromatic rings. The number of nitrogens with two attached hydrogens (primary N) is 1. The lowest BCUT2D eigenvalue weighted by Crippen LogP contribution is -2.19. The summed E-state index contributed by atoms with van der Waals surface area (Å²) in [4.78, 5) is 5.33. The zero-order valence-electron chi connectivity index (χ0n) is 28.1. The van der Waals surface area contributed by atoms with E-state index in [1.165, 1.54) is 25.7 Å². The van der Waals surface area contributed by atoms with Crippen molar-refractivity contribution in [3.63, 3.8) is 0 Å². The van der Waals surface area contributed by atoms with Crippen molar-refractivity contribution in [2.45, 2.75) is 68.2 Å². The number of nitrogens with zero attached hydrogens (tertiary/aromatic N) is 2. The van der Waals surface area contributed by atoms with Gasteiger partial charge < -0.3 is 15.6 Å². The van der Waals surface area contributed by atoms with Crippen LogP contribution in [-0.2, 0) is 32.0 Å². The van der Waals surface area contributed by atoms with Gasteiger partial charge in [0.1, 0.15) is 5.82 Å². The van der Waals surface area contributed by atoms with Crippen LogP contribution >= 0.6 is 0 Å². The van der Waals surface area contributed by atoms with Crippen LogP contribution in [0.5, 0.6) is 0 Å². The zero-order valence-corrected chi connectivity index (χ0v) is 29.7. The summed E-state index contributed by atoms with van der Waals surface area (Å²) >= 11 is 0. The summed E-state index contributed by atoms with van der Waals surface area (Å²) in [5.41, 5.74) is 10.2. The zero-order chi connectivity index (χ0) is 34.8. The Balaban J connectivity index is 0.000000174. The fourth-order valence-corrected chi connectivity index (χ4v) is 7.64. The number of benzene rings is 4. The number of imidazole rings is 1. The van der Waals surface area contributed by atoms with Crippen molar-refractivity contribution in [3.8, 4) is 0 Å². The van der Waals surface area contributed by atoms with Crippen LogP contribution in [0.25, 0.3) is 11.0 Å². The lowest BCUT2D eigenvalue weighted by molar-refractivity contribution is 0.491. The fraction of sp³-hybridized carbons (Fsp3) is 0.324. The van der Waals surface area contributed by atoms with E-state index in [4.69, 9.17) is 10.7 Å². The quantitative estimate of drug-likeness (QED) is 0.105. The van der Waals surface area contributed by atoms with Crippen LogP contribution in [0.4, 0.5) is 22.7 Å². The molecule has 4 aromatic carbocycles. The van der Waals surface area contributed by atoms with Gasteiger partial charge in [0.25, 0.3) is 20.0 Å². The molecule has 0 atom stereocenters. The normalized spacial score (nSPS) is 14.9. The smallest absolute Gasteiger partial charge is 0.261 e. The van der Waals surface area contributed by atoms with Crippen LogP contribution in [0.3, 0.4) is 0 Å². The third-order valence-electron chi connectivity index (χ3n) is 8.50. The van der Waals surface area contributed by atoms with Crippen molar-refractivity contribution in [2.24, 2.45) is 11.8 Å². The third kappa shape index (κ3) is 8.73. The molecular weight excluding hydrogens is 657 g/mol. The molecule has 0 spiro atoms. The van der Waals surface area contributed by atoms with E-state index < -0.39 is 20.0 Å². The Kier molecular flexibility index (Phi) is 9.63. The molecule has 5 N–H and O–H groups in total. The van der Waals surface area contributed by atoms with Crippen molar-refractivity contribution in [2.75, 3.05) is 27.0 Å². The van der Waals surface area contributed by atoms with Crippen molar-refractivity contribution < 1.29 is 16.8 Å². The second kappa shape index (κ2) is 13.8. The molecule has 2 aliphatic rings. The summed E-state index contributed by atoms with van der Waals surface area (Å²) in [6, 6.07) is 27.4. The van der Waals surface area contributed by atoms with Gasteiger partial charge in [-0.15, -0.1) is 0 Å². The van der Waals surface area contributed by atoms with Gasteiger partial charge in [0.2, 0.25) is 0 Å². The van der Waals surface area contributed by atoms with Gasteiger partial charge >= 0.3 is 0 Å². The van der Waals surface area contributed by atoms with E-state index in [0.29, 0.717) is 17.1 Å². The molecule has 1 aromatic heterocycles. The minimum absolute atomic E-state index is 0.0718. The Bertz CT molecular complexity index is 2140. The van der Waals surface area contributed by atoms with Crippen molar-refractivity contribution >= 4 is 53.8 Å². The van der Waals surface area contributed by atoms with E-state index in [9.17, 15) is 16.8 Å². The Morgan fingerprint density at radius 2 is 1.27 bits per heavy atom. The first-order valence-electron chi connectivity index (χ1n) is 16.6. The number of anilines is 4. The average Bonchev–Trinajstić information content (AvgIpc) is 4.00. The van der Waals surface area contributed by atoms with Gasteiger partial charge in [-0.1, -0.05) is 57.2 Å². The Hall–Kier alpha value is -4.55. The predicted molar refractivity (Wildman–Crippen MR) is 198 cm³/mol. The first-order chi connectivity index (χ1) is 23.3. The molecule has 2 fully saturated rings. The average molecular weight is 701 g/mol. The van der Waals surface area contributed by atoms with Gasteiger partial charge in [-0.25, -0.2) is 21.8 Å². The number of aromatic nitrogens is 2. The molecule has 2 aliphatic carbocycles. The molecule has 7 rings (SSSR count). The maximum Gasteiger partial charge on any atom is 0.261 e. The summed E-state index contributed by atoms with van der Waals surface area (Å²) in [6.07, 6.45) is 5.08. The van der Waals surface area contributed by atoms with Crippen molar-refractivity contribution in [1.82, 2.24) is 9.55 Å². The van der Waals surface area contributed by atoms with Crippen molar-refractivity contribution in [1.29, 1.82) is 0 Å². The molecule has 0 saturated heterocycles. The van der Waals surface area contributed by atoms with E-state index in [2.05, 4.69) is 40.1 Å². The highest BCUT2D eigenvalue weighted by Gasteiger charge is 2.28. The van der Waals surface area contributed by atoms with E-state index in [1.807, 2.05) is 18.2 Å². The third-order valence-corrected chi connectivity index (χ3v) is 11.3. The van der Waals surface area contributed by atoms with Crippen LogP contribution in [0.15, 0.2) is 107 Å². The minimum atomic E-state index is -3.61. The number of sulfonamides is 2. The van der Waals surface area contributed by atoms with Gasteiger partial charge in [-0.05, 0) is 98.2 Å². The molecule has 258 valence electrons. The molecule has 0 radical (unpaired) electrons. The maximum atomic E-state index is 12.6. The molecule has 0 amide bonds. The molecule has 0 unspecified atom stereocenters. The van der Waals surface area contributed by atoms with Crippen LogP contribution in [-0.4, -0.2) is 32.9 Å². The predicted octanol–water partition coefficient (Wildman–Crippen LogP) is 7.44. The number of nitrogen functional groups attached to an aromatic ring is 1. The van der Waals surface area contributed by atoms with Gasteiger partial charge in [0.15, 0.2) is 0 Å². The van der Waals surface area contributed by atoms with Crippen LogP contribution in [0, 0.1) is 11.8 Å². The minimum Gasteiger partial charge on any atom is -0.397 e.